The first-order valence-electron chi connectivity index (χ1n) is 5.87. The average molecular weight is 255 g/mol. The van der Waals surface area contributed by atoms with Gasteiger partial charge in [-0.3, -0.25) is 4.98 Å². The lowest BCUT2D eigenvalue weighted by Crippen LogP contribution is -1.97. The maximum absolute atomic E-state index is 5.07. The topological polar surface area (TPSA) is 44.5 Å². The summed E-state index contributed by atoms with van der Waals surface area (Å²) in [6, 6.07) is 10.3. The van der Waals surface area contributed by atoms with Crippen LogP contribution in [-0.4, -0.2) is 15.0 Å². The summed E-state index contributed by atoms with van der Waals surface area (Å²) in [5, 5.41) is 1.19. The quantitative estimate of drug-likeness (QED) is 0.685. The summed E-state index contributed by atoms with van der Waals surface area (Å²) in [6.07, 6.45) is 3.75. The van der Waals surface area contributed by atoms with Crippen molar-refractivity contribution in [3.63, 3.8) is 0 Å². The molecule has 0 aliphatic heterocycles. The summed E-state index contributed by atoms with van der Waals surface area (Å²) in [5.74, 6) is 0.255. The molecule has 1 unspecified atom stereocenters. The number of pyridine rings is 1. The molecule has 18 heavy (non-hydrogen) atoms. The van der Waals surface area contributed by atoms with Crippen LogP contribution in [0.25, 0.3) is 10.9 Å². The van der Waals surface area contributed by atoms with Crippen molar-refractivity contribution in [2.45, 2.75) is 12.8 Å². The Balaban J connectivity index is 2.17. The fraction of sp³-hybridized carbons (Fsp3) is 0.143. The minimum absolute atomic E-state index is 0.255. The molecule has 1 aromatic carbocycles. The van der Waals surface area contributed by atoms with Crippen molar-refractivity contribution in [2.24, 2.45) is 0 Å². The van der Waals surface area contributed by atoms with Gasteiger partial charge in [-0.2, -0.15) is 0 Å². The molecule has 3 rings (SSSR count). The van der Waals surface area contributed by atoms with Crippen molar-refractivity contribution < 1.29 is 0 Å². The highest BCUT2D eigenvalue weighted by Gasteiger charge is 2.12. The largest absolute Gasteiger partial charge is 0.337 e. The van der Waals surface area contributed by atoms with Crippen LogP contribution in [0.5, 0.6) is 0 Å². The van der Waals surface area contributed by atoms with E-state index in [0.717, 1.165) is 11.2 Å². The molecule has 0 spiro atoms. The van der Waals surface area contributed by atoms with Gasteiger partial charge in [-0.25, -0.2) is 0 Å². The molecule has 0 bridgehead atoms. The number of hydrogen-bond acceptors (Lipinski definition) is 2. The van der Waals surface area contributed by atoms with Crippen LogP contribution in [-0.2, 0) is 0 Å². The summed E-state index contributed by atoms with van der Waals surface area (Å²) < 4.78 is 0.662. The summed E-state index contributed by atoms with van der Waals surface area (Å²) in [4.78, 5) is 10.6. The zero-order chi connectivity index (χ0) is 12.5. The lowest BCUT2D eigenvalue weighted by Gasteiger charge is -2.12. The lowest BCUT2D eigenvalue weighted by molar-refractivity contribution is 0.890. The highest BCUT2D eigenvalue weighted by Crippen LogP contribution is 2.28. The first kappa shape index (κ1) is 11.2. The van der Waals surface area contributed by atoms with E-state index in [1.165, 1.54) is 10.9 Å². The number of aromatic nitrogens is 3. The minimum Gasteiger partial charge on any atom is -0.337 e. The minimum atomic E-state index is 0.255. The Hall–Kier alpha value is -1.94. The third-order valence-corrected chi connectivity index (χ3v) is 3.45. The maximum Gasteiger partial charge on any atom is 0.174 e. The van der Waals surface area contributed by atoms with E-state index in [4.69, 9.17) is 12.2 Å². The van der Waals surface area contributed by atoms with Gasteiger partial charge in [0.05, 0.1) is 5.52 Å². The average Bonchev–Trinajstić information content (AvgIpc) is 2.84. The van der Waals surface area contributed by atoms with Gasteiger partial charge in [0.2, 0.25) is 0 Å². The van der Waals surface area contributed by atoms with Gasteiger partial charge in [-0.05, 0) is 29.9 Å². The van der Waals surface area contributed by atoms with Crippen LogP contribution < -0.4 is 0 Å². The third kappa shape index (κ3) is 1.84. The zero-order valence-corrected chi connectivity index (χ0v) is 10.8. The van der Waals surface area contributed by atoms with E-state index in [1.54, 1.807) is 0 Å². The number of fused-ring (bicyclic) bond motifs is 1. The highest BCUT2D eigenvalue weighted by molar-refractivity contribution is 7.71. The lowest BCUT2D eigenvalue weighted by atomic mass is 9.94. The molecular weight excluding hydrogens is 242 g/mol. The third-order valence-electron chi connectivity index (χ3n) is 3.23. The molecule has 4 heteroatoms. The Morgan fingerprint density at radius 2 is 2.11 bits per heavy atom. The molecule has 0 fully saturated rings. The maximum atomic E-state index is 5.07. The first-order chi connectivity index (χ1) is 8.75. The van der Waals surface area contributed by atoms with Crippen molar-refractivity contribution in [3.8, 4) is 0 Å². The van der Waals surface area contributed by atoms with Crippen molar-refractivity contribution in [3.05, 3.63) is 58.8 Å². The SMILES string of the molecule is CC(c1c[nH]c(=S)[nH]1)c1cccc2ncccc12. The van der Waals surface area contributed by atoms with Gasteiger partial charge in [0, 0.05) is 29.4 Å². The second-order valence-corrected chi connectivity index (χ2v) is 4.75. The molecule has 0 radical (unpaired) electrons. The summed E-state index contributed by atoms with van der Waals surface area (Å²) in [5.41, 5.74) is 3.37. The number of imidazole rings is 1. The molecule has 0 amide bonds. The molecule has 0 saturated heterocycles. The Kier molecular flexibility index (Phi) is 2.72. The number of rotatable bonds is 2. The van der Waals surface area contributed by atoms with Crippen molar-refractivity contribution >= 4 is 23.1 Å². The standard InChI is InChI=1S/C14H13N3S/c1-9(13-8-16-14(18)17-13)10-4-2-6-12-11(10)5-3-7-15-12/h2-9H,1H3,(H2,16,17,18). The fourth-order valence-corrected chi connectivity index (χ4v) is 2.43. The summed E-state index contributed by atoms with van der Waals surface area (Å²) in [6.45, 7) is 2.16. The van der Waals surface area contributed by atoms with Crippen molar-refractivity contribution in [1.29, 1.82) is 0 Å². The van der Waals surface area contributed by atoms with Crippen molar-refractivity contribution in [1.82, 2.24) is 15.0 Å². The number of nitrogens with zero attached hydrogens (tertiary/aromatic N) is 1. The molecule has 90 valence electrons. The van der Waals surface area contributed by atoms with Gasteiger partial charge in [0.15, 0.2) is 4.77 Å². The molecule has 2 aromatic heterocycles. The fourth-order valence-electron chi connectivity index (χ4n) is 2.25. The van der Waals surface area contributed by atoms with Gasteiger partial charge in [0.1, 0.15) is 0 Å². The molecule has 3 nitrogen and oxygen atoms in total. The van der Waals surface area contributed by atoms with Gasteiger partial charge < -0.3 is 9.97 Å². The van der Waals surface area contributed by atoms with Crippen LogP contribution in [0.4, 0.5) is 0 Å². The van der Waals surface area contributed by atoms with Gasteiger partial charge >= 0.3 is 0 Å². The Morgan fingerprint density at radius 3 is 2.89 bits per heavy atom. The number of H-pyrrole nitrogens is 2. The Labute approximate surface area is 110 Å². The summed E-state index contributed by atoms with van der Waals surface area (Å²) in [7, 11) is 0. The van der Waals surface area contributed by atoms with Gasteiger partial charge in [-0.15, -0.1) is 0 Å². The van der Waals surface area contributed by atoms with Crippen LogP contribution in [0.1, 0.15) is 24.1 Å². The molecule has 0 saturated carbocycles. The van der Waals surface area contributed by atoms with E-state index in [-0.39, 0.29) is 5.92 Å². The summed E-state index contributed by atoms with van der Waals surface area (Å²) >= 11 is 5.07. The van der Waals surface area contributed by atoms with Crippen LogP contribution in [0.15, 0.2) is 42.7 Å². The molecular formula is C14H13N3S. The normalized spacial score (nSPS) is 12.7. The van der Waals surface area contributed by atoms with Crippen LogP contribution >= 0.6 is 12.2 Å². The van der Waals surface area contributed by atoms with Gasteiger partial charge in [0.25, 0.3) is 0 Å². The zero-order valence-electron chi connectivity index (χ0n) is 9.97. The van der Waals surface area contributed by atoms with E-state index in [1.807, 2.05) is 30.6 Å². The van der Waals surface area contributed by atoms with E-state index in [0.29, 0.717) is 4.77 Å². The molecule has 2 N–H and O–H groups in total. The molecule has 1 atom stereocenters. The van der Waals surface area contributed by atoms with Crippen LogP contribution in [0.2, 0.25) is 0 Å². The van der Waals surface area contributed by atoms with E-state index in [2.05, 4.69) is 34.0 Å². The van der Waals surface area contributed by atoms with E-state index < -0.39 is 0 Å². The second kappa shape index (κ2) is 4.38. The predicted octanol–water partition coefficient (Wildman–Crippen LogP) is 3.77. The smallest absolute Gasteiger partial charge is 0.174 e. The molecule has 0 aliphatic carbocycles. The molecule has 2 heterocycles. The van der Waals surface area contributed by atoms with Crippen molar-refractivity contribution in [2.75, 3.05) is 0 Å². The number of benzene rings is 1. The number of aromatic amines is 2. The van der Waals surface area contributed by atoms with E-state index in [9.17, 15) is 0 Å². The van der Waals surface area contributed by atoms with Crippen LogP contribution in [0.3, 0.4) is 0 Å². The number of nitrogens with one attached hydrogen (secondary N) is 2. The highest BCUT2D eigenvalue weighted by atomic mass is 32.1. The predicted molar refractivity (Wildman–Crippen MR) is 75.2 cm³/mol. The Morgan fingerprint density at radius 1 is 1.22 bits per heavy atom. The van der Waals surface area contributed by atoms with E-state index >= 15 is 0 Å². The first-order valence-corrected chi connectivity index (χ1v) is 6.28. The van der Waals surface area contributed by atoms with Crippen LogP contribution in [0, 0.1) is 4.77 Å². The monoisotopic (exact) mass is 255 g/mol. The number of hydrogen-bond donors (Lipinski definition) is 2. The Bertz CT molecular complexity index is 736. The molecule has 0 aliphatic rings. The second-order valence-electron chi connectivity index (χ2n) is 4.34. The van der Waals surface area contributed by atoms with Gasteiger partial charge in [-0.1, -0.05) is 25.1 Å². The molecule has 3 aromatic rings.